The fraction of sp³-hybridized carbons (Fsp3) is 0.400. The van der Waals surface area contributed by atoms with E-state index in [2.05, 4.69) is 4.72 Å². The number of hydrogen-bond donors (Lipinski definition) is 1. The van der Waals surface area contributed by atoms with Crippen molar-refractivity contribution < 1.29 is 13.2 Å². The number of rotatable bonds is 3. The molecule has 118 valence electrons. The third kappa shape index (κ3) is 2.62. The molecule has 1 aromatic heterocycles. The minimum Gasteiger partial charge on any atom is -0.340 e. The highest BCUT2D eigenvalue weighted by atomic mass is 32.2. The fourth-order valence-electron chi connectivity index (χ4n) is 2.85. The van der Waals surface area contributed by atoms with Crippen molar-refractivity contribution in [3.8, 4) is 0 Å². The topological polar surface area (TPSA) is 71.4 Å². The van der Waals surface area contributed by atoms with Crippen LogP contribution >= 0.6 is 0 Å². The number of amides is 1. The van der Waals surface area contributed by atoms with E-state index in [1.165, 1.54) is 4.31 Å². The minimum absolute atomic E-state index is 0.336. The van der Waals surface area contributed by atoms with Gasteiger partial charge in [-0.1, -0.05) is 11.6 Å². The molecule has 1 amide bonds. The lowest BCUT2D eigenvalue weighted by Crippen LogP contribution is -2.42. The Labute approximate surface area is 129 Å². The zero-order chi connectivity index (χ0) is 15.9. The quantitative estimate of drug-likeness (QED) is 0.932. The molecule has 7 heteroatoms. The van der Waals surface area contributed by atoms with Gasteiger partial charge in [0.25, 0.3) is 5.91 Å². The molecule has 22 heavy (non-hydrogen) atoms. The van der Waals surface area contributed by atoms with Crippen molar-refractivity contribution >= 4 is 27.0 Å². The van der Waals surface area contributed by atoms with Crippen LogP contribution in [0, 0.1) is 6.92 Å². The summed E-state index contributed by atoms with van der Waals surface area (Å²) in [7, 11) is -1.99. The fourth-order valence-corrected chi connectivity index (χ4v) is 4.06. The molecule has 6 nitrogen and oxygen atoms in total. The number of carbonyl (C=O) groups excluding carboxylic acids is 1. The maximum absolute atomic E-state index is 12.4. The molecule has 1 saturated heterocycles. The van der Waals surface area contributed by atoms with Gasteiger partial charge < -0.3 is 4.57 Å². The van der Waals surface area contributed by atoms with E-state index < -0.39 is 16.1 Å². The number of fused-ring (bicyclic) bond motifs is 1. The highest BCUT2D eigenvalue weighted by Crippen LogP contribution is 2.20. The molecular formula is C15H19N3O3S. The molecule has 0 atom stereocenters. The summed E-state index contributed by atoms with van der Waals surface area (Å²) in [5.74, 6) is -0.594. The number of hydrogen-bond acceptors (Lipinski definition) is 3. The van der Waals surface area contributed by atoms with Gasteiger partial charge in [0.1, 0.15) is 5.69 Å². The third-order valence-corrected chi connectivity index (χ3v) is 5.55. The summed E-state index contributed by atoms with van der Waals surface area (Å²) in [4.78, 5) is 12.4. The monoisotopic (exact) mass is 321 g/mol. The van der Waals surface area contributed by atoms with Crippen LogP contribution in [0.1, 0.15) is 28.9 Å². The zero-order valence-electron chi connectivity index (χ0n) is 12.7. The number of aryl methyl sites for hydroxylation is 2. The summed E-state index contributed by atoms with van der Waals surface area (Å²) in [6.45, 7) is 2.91. The van der Waals surface area contributed by atoms with Crippen LogP contribution in [-0.2, 0) is 17.3 Å². The van der Waals surface area contributed by atoms with Crippen molar-refractivity contribution in [1.82, 2.24) is 13.6 Å². The lowest BCUT2D eigenvalue weighted by atomic mass is 10.2. The summed E-state index contributed by atoms with van der Waals surface area (Å²) in [5, 5.41) is 0.922. The molecule has 1 N–H and O–H groups in total. The second-order valence-electron chi connectivity index (χ2n) is 5.69. The molecule has 0 spiro atoms. The zero-order valence-corrected chi connectivity index (χ0v) is 13.5. The molecule has 0 aliphatic carbocycles. The van der Waals surface area contributed by atoms with Crippen molar-refractivity contribution in [2.45, 2.75) is 19.8 Å². The molecule has 0 radical (unpaired) electrons. The molecule has 3 rings (SSSR count). The molecule has 2 heterocycles. The Kier molecular flexibility index (Phi) is 3.70. The highest BCUT2D eigenvalue weighted by molar-refractivity contribution is 7.87. The van der Waals surface area contributed by atoms with Crippen molar-refractivity contribution in [2.24, 2.45) is 7.05 Å². The molecule has 1 aromatic carbocycles. The average Bonchev–Trinajstić information content (AvgIpc) is 3.07. The molecule has 0 unspecified atom stereocenters. The largest absolute Gasteiger partial charge is 0.340 e. The van der Waals surface area contributed by atoms with Crippen LogP contribution in [0.2, 0.25) is 0 Å². The van der Waals surface area contributed by atoms with Crippen LogP contribution in [-0.4, -0.2) is 36.3 Å². The van der Waals surface area contributed by atoms with E-state index in [0.717, 1.165) is 29.3 Å². The Morgan fingerprint density at radius 2 is 1.86 bits per heavy atom. The Hall–Kier alpha value is -1.86. The van der Waals surface area contributed by atoms with Gasteiger partial charge in [0.15, 0.2) is 0 Å². The van der Waals surface area contributed by atoms with Crippen molar-refractivity contribution in [3.63, 3.8) is 0 Å². The number of nitrogens with zero attached hydrogens (tertiary/aromatic N) is 2. The maximum atomic E-state index is 12.4. The van der Waals surface area contributed by atoms with Crippen molar-refractivity contribution in [1.29, 1.82) is 0 Å². The molecule has 1 aliphatic rings. The summed E-state index contributed by atoms with van der Waals surface area (Å²) >= 11 is 0. The molecule has 0 saturated carbocycles. The molecule has 1 aliphatic heterocycles. The normalized spacial score (nSPS) is 16.3. The van der Waals surface area contributed by atoms with Crippen LogP contribution in [0.5, 0.6) is 0 Å². The Bertz CT molecular complexity index is 833. The smallest absolute Gasteiger partial charge is 0.304 e. The number of nitrogens with one attached hydrogen (secondary N) is 1. The van der Waals surface area contributed by atoms with Crippen LogP contribution < -0.4 is 4.72 Å². The molecule has 2 aromatic rings. The first-order chi connectivity index (χ1) is 10.4. The first-order valence-corrected chi connectivity index (χ1v) is 8.71. The van der Waals surface area contributed by atoms with Gasteiger partial charge in [0, 0.05) is 31.0 Å². The SMILES string of the molecule is Cc1ccc2c(c1)cc(C(=O)NS(=O)(=O)N1CCCC1)n2C. The van der Waals surface area contributed by atoms with E-state index in [1.807, 2.05) is 25.1 Å². The van der Waals surface area contributed by atoms with Gasteiger partial charge in [0.05, 0.1) is 0 Å². The first-order valence-electron chi connectivity index (χ1n) is 7.27. The summed E-state index contributed by atoms with van der Waals surface area (Å²) in [6.07, 6.45) is 1.67. The van der Waals surface area contributed by atoms with E-state index in [9.17, 15) is 13.2 Å². The predicted octanol–water partition coefficient (Wildman–Crippen LogP) is 1.56. The van der Waals surface area contributed by atoms with Gasteiger partial charge in [-0.05, 0) is 38.0 Å². The van der Waals surface area contributed by atoms with Gasteiger partial charge in [-0.15, -0.1) is 0 Å². The molecular weight excluding hydrogens is 302 g/mol. The Morgan fingerprint density at radius 3 is 2.55 bits per heavy atom. The average molecular weight is 321 g/mol. The van der Waals surface area contributed by atoms with Crippen LogP contribution in [0.4, 0.5) is 0 Å². The minimum atomic E-state index is -3.75. The lowest BCUT2D eigenvalue weighted by Gasteiger charge is -2.16. The maximum Gasteiger partial charge on any atom is 0.304 e. The summed E-state index contributed by atoms with van der Waals surface area (Å²) in [5.41, 5.74) is 2.33. The van der Waals surface area contributed by atoms with E-state index in [0.29, 0.717) is 18.8 Å². The molecule has 1 fully saturated rings. The van der Waals surface area contributed by atoms with E-state index in [-0.39, 0.29) is 0 Å². The third-order valence-electron chi connectivity index (χ3n) is 4.06. The summed E-state index contributed by atoms with van der Waals surface area (Å²) in [6, 6.07) is 7.58. The predicted molar refractivity (Wildman–Crippen MR) is 84.8 cm³/mol. The number of carbonyl (C=O) groups is 1. The van der Waals surface area contributed by atoms with E-state index in [4.69, 9.17) is 0 Å². The molecule has 0 bridgehead atoms. The van der Waals surface area contributed by atoms with E-state index >= 15 is 0 Å². The van der Waals surface area contributed by atoms with Gasteiger partial charge in [-0.2, -0.15) is 12.7 Å². The Morgan fingerprint density at radius 1 is 1.18 bits per heavy atom. The van der Waals surface area contributed by atoms with Gasteiger partial charge in [-0.3, -0.25) is 4.79 Å². The van der Waals surface area contributed by atoms with E-state index in [1.54, 1.807) is 17.7 Å². The standard InChI is InChI=1S/C15H19N3O3S/c1-11-5-6-13-12(9-11)10-14(17(13)2)15(19)16-22(20,21)18-7-3-4-8-18/h5-6,9-10H,3-4,7-8H2,1-2H3,(H,16,19). The highest BCUT2D eigenvalue weighted by Gasteiger charge is 2.28. The van der Waals surface area contributed by atoms with Crippen LogP contribution in [0.25, 0.3) is 10.9 Å². The first kappa shape index (κ1) is 15.1. The summed E-state index contributed by atoms with van der Waals surface area (Å²) < 4.78 is 29.6. The Balaban J connectivity index is 1.90. The lowest BCUT2D eigenvalue weighted by molar-refractivity contribution is 0.0972. The number of aromatic nitrogens is 1. The second-order valence-corrected chi connectivity index (χ2v) is 7.36. The van der Waals surface area contributed by atoms with Gasteiger partial charge in [-0.25, -0.2) is 4.72 Å². The van der Waals surface area contributed by atoms with Crippen molar-refractivity contribution in [3.05, 3.63) is 35.5 Å². The number of benzene rings is 1. The van der Waals surface area contributed by atoms with Gasteiger partial charge in [0.2, 0.25) is 0 Å². The van der Waals surface area contributed by atoms with Gasteiger partial charge >= 0.3 is 10.2 Å². The van der Waals surface area contributed by atoms with Crippen LogP contribution in [0.3, 0.4) is 0 Å². The second kappa shape index (κ2) is 5.40. The van der Waals surface area contributed by atoms with Crippen molar-refractivity contribution in [2.75, 3.05) is 13.1 Å². The van der Waals surface area contributed by atoms with Crippen LogP contribution in [0.15, 0.2) is 24.3 Å².